The van der Waals surface area contributed by atoms with Crippen molar-refractivity contribution >= 4 is 5.91 Å². The van der Waals surface area contributed by atoms with Gasteiger partial charge in [-0.2, -0.15) is 0 Å². The van der Waals surface area contributed by atoms with Crippen molar-refractivity contribution in [1.29, 1.82) is 0 Å². The molecule has 1 saturated carbocycles. The third-order valence-corrected chi connectivity index (χ3v) is 4.76. The molecular formula is C15H29N3O. The molecular weight excluding hydrogens is 238 g/mol. The predicted octanol–water partition coefficient (Wildman–Crippen LogP) is 1.49. The van der Waals surface area contributed by atoms with E-state index in [1.165, 1.54) is 25.8 Å². The molecule has 1 aliphatic carbocycles. The van der Waals surface area contributed by atoms with E-state index >= 15 is 0 Å². The molecule has 0 radical (unpaired) electrons. The van der Waals surface area contributed by atoms with Gasteiger partial charge in [-0.1, -0.05) is 6.42 Å². The van der Waals surface area contributed by atoms with Crippen LogP contribution in [0.2, 0.25) is 0 Å². The quantitative estimate of drug-likeness (QED) is 0.717. The van der Waals surface area contributed by atoms with Crippen LogP contribution in [0.25, 0.3) is 0 Å². The van der Waals surface area contributed by atoms with Crippen LogP contribution in [0.1, 0.15) is 52.4 Å². The molecule has 110 valence electrons. The summed E-state index contributed by atoms with van der Waals surface area (Å²) in [6.45, 7) is 7.23. The second-order valence-corrected chi connectivity index (χ2v) is 6.55. The lowest BCUT2D eigenvalue weighted by atomic mass is 9.96. The second-order valence-electron chi connectivity index (χ2n) is 6.55. The lowest BCUT2D eigenvalue weighted by Gasteiger charge is -2.33. The number of piperidine rings is 1. The molecule has 19 heavy (non-hydrogen) atoms. The van der Waals surface area contributed by atoms with Crippen molar-refractivity contribution in [2.75, 3.05) is 19.6 Å². The van der Waals surface area contributed by atoms with Crippen LogP contribution in [0.3, 0.4) is 0 Å². The Morgan fingerprint density at radius 2 is 2.11 bits per heavy atom. The second kappa shape index (κ2) is 6.23. The maximum Gasteiger partial charge on any atom is 0.240 e. The van der Waals surface area contributed by atoms with Crippen LogP contribution < -0.4 is 11.1 Å². The van der Waals surface area contributed by atoms with Gasteiger partial charge < -0.3 is 16.0 Å². The minimum atomic E-state index is -0.654. The van der Waals surface area contributed by atoms with Gasteiger partial charge in [-0.15, -0.1) is 0 Å². The molecule has 2 unspecified atom stereocenters. The summed E-state index contributed by atoms with van der Waals surface area (Å²) in [4.78, 5) is 14.6. The number of likely N-dealkylation sites (tertiary alicyclic amines) is 1. The molecule has 0 aromatic carbocycles. The van der Waals surface area contributed by atoms with Crippen LogP contribution >= 0.6 is 0 Å². The Morgan fingerprint density at radius 3 is 2.74 bits per heavy atom. The summed E-state index contributed by atoms with van der Waals surface area (Å²) < 4.78 is 0. The Bertz CT molecular complexity index is 313. The van der Waals surface area contributed by atoms with Crippen LogP contribution in [0.15, 0.2) is 0 Å². The molecule has 2 atom stereocenters. The molecule has 2 rings (SSSR count). The van der Waals surface area contributed by atoms with Gasteiger partial charge in [0.2, 0.25) is 5.91 Å². The van der Waals surface area contributed by atoms with Gasteiger partial charge in [-0.05, 0) is 58.4 Å². The first-order valence-electron chi connectivity index (χ1n) is 7.83. The van der Waals surface area contributed by atoms with E-state index in [4.69, 9.17) is 5.73 Å². The van der Waals surface area contributed by atoms with E-state index in [1.807, 2.05) is 6.92 Å². The van der Waals surface area contributed by atoms with Crippen molar-refractivity contribution < 1.29 is 4.79 Å². The fraction of sp³-hybridized carbons (Fsp3) is 0.933. The Hall–Kier alpha value is -0.610. The van der Waals surface area contributed by atoms with Gasteiger partial charge in [-0.3, -0.25) is 4.79 Å². The van der Waals surface area contributed by atoms with Gasteiger partial charge >= 0.3 is 0 Å². The molecule has 1 heterocycles. The molecule has 2 fully saturated rings. The molecule has 4 nitrogen and oxygen atoms in total. The summed E-state index contributed by atoms with van der Waals surface area (Å²) in [6, 6.07) is 0.704. The van der Waals surface area contributed by atoms with E-state index in [0.29, 0.717) is 12.0 Å². The average Bonchev–Trinajstić information content (AvgIpc) is 3.20. The largest absolute Gasteiger partial charge is 0.354 e. The van der Waals surface area contributed by atoms with Crippen LogP contribution in [-0.4, -0.2) is 42.0 Å². The normalized spacial score (nSPS) is 27.8. The molecule has 1 amide bonds. The van der Waals surface area contributed by atoms with E-state index in [9.17, 15) is 4.79 Å². The first-order chi connectivity index (χ1) is 9.01. The molecule has 0 bridgehead atoms. The lowest BCUT2D eigenvalue weighted by molar-refractivity contribution is -0.126. The smallest absolute Gasteiger partial charge is 0.240 e. The van der Waals surface area contributed by atoms with E-state index in [0.717, 1.165) is 32.4 Å². The number of carbonyl (C=O) groups excluding carboxylic acids is 1. The van der Waals surface area contributed by atoms with E-state index < -0.39 is 5.54 Å². The fourth-order valence-corrected chi connectivity index (χ4v) is 3.03. The molecule has 1 saturated heterocycles. The number of hydrogen-bond acceptors (Lipinski definition) is 3. The van der Waals surface area contributed by atoms with Crippen LogP contribution in [-0.2, 0) is 4.79 Å². The Morgan fingerprint density at radius 1 is 1.37 bits per heavy atom. The highest BCUT2D eigenvalue weighted by atomic mass is 16.2. The summed E-state index contributed by atoms with van der Waals surface area (Å²) >= 11 is 0. The maximum atomic E-state index is 12.0. The van der Waals surface area contributed by atoms with Gasteiger partial charge in [-0.25, -0.2) is 0 Å². The first kappa shape index (κ1) is 14.8. The van der Waals surface area contributed by atoms with Gasteiger partial charge in [0.05, 0.1) is 5.54 Å². The number of rotatable bonds is 6. The van der Waals surface area contributed by atoms with Gasteiger partial charge in [0, 0.05) is 19.1 Å². The van der Waals surface area contributed by atoms with Gasteiger partial charge in [0.25, 0.3) is 0 Å². The number of amides is 1. The predicted molar refractivity (Wildman–Crippen MR) is 77.8 cm³/mol. The number of carbonyl (C=O) groups is 1. The average molecular weight is 267 g/mol. The molecule has 1 aliphatic heterocycles. The minimum absolute atomic E-state index is 0.0293. The molecule has 4 heteroatoms. The molecule has 3 N–H and O–H groups in total. The number of nitrogens with one attached hydrogen (secondary N) is 1. The minimum Gasteiger partial charge on any atom is -0.354 e. The third kappa shape index (κ3) is 3.93. The summed E-state index contributed by atoms with van der Waals surface area (Å²) in [6.07, 6.45) is 7.23. The van der Waals surface area contributed by atoms with Crippen molar-refractivity contribution in [2.24, 2.45) is 11.7 Å². The maximum absolute atomic E-state index is 12.0. The highest BCUT2D eigenvalue weighted by Gasteiger charge is 2.43. The molecule has 2 aliphatic rings. The van der Waals surface area contributed by atoms with Crippen molar-refractivity contribution in [3.05, 3.63) is 0 Å². The van der Waals surface area contributed by atoms with E-state index in [2.05, 4.69) is 17.1 Å². The molecule has 0 spiro atoms. The van der Waals surface area contributed by atoms with Crippen molar-refractivity contribution in [1.82, 2.24) is 10.2 Å². The zero-order valence-corrected chi connectivity index (χ0v) is 12.5. The number of nitrogens with zero attached hydrogens (tertiary/aromatic N) is 1. The lowest BCUT2D eigenvalue weighted by Crippen LogP contribution is -2.53. The third-order valence-electron chi connectivity index (χ3n) is 4.76. The van der Waals surface area contributed by atoms with Crippen molar-refractivity contribution in [3.63, 3.8) is 0 Å². The standard InChI is InChI=1S/C15H29N3O/c1-12-6-3-4-10-18(12)11-5-9-17-14(19)15(2,16)13-7-8-13/h12-13H,3-11,16H2,1-2H3,(H,17,19). The number of nitrogens with two attached hydrogens (primary N) is 1. The highest BCUT2D eigenvalue weighted by Crippen LogP contribution is 2.38. The van der Waals surface area contributed by atoms with Gasteiger partial charge in [0.15, 0.2) is 0 Å². The van der Waals surface area contributed by atoms with Gasteiger partial charge in [0.1, 0.15) is 0 Å². The zero-order chi connectivity index (χ0) is 13.9. The van der Waals surface area contributed by atoms with Crippen LogP contribution in [0.5, 0.6) is 0 Å². The van der Waals surface area contributed by atoms with Crippen molar-refractivity contribution in [2.45, 2.75) is 64.0 Å². The van der Waals surface area contributed by atoms with E-state index in [1.54, 1.807) is 0 Å². The van der Waals surface area contributed by atoms with Crippen LogP contribution in [0.4, 0.5) is 0 Å². The Balaban J connectivity index is 1.62. The first-order valence-corrected chi connectivity index (χ1v) is 7.83. The summed E-state index contributed by atoms with van der Waals surface area (Å²) in [7, 11) is 0. The topological polar surface area (TPSA) is 58.4 Å². The summed E-state index contributed by atoms with van der Waals surface area (Å²) in [5, 5.41) is 3.01. The Labute approximate surface area is 117 Å². The summed E-state index contributed by atoms with van der Waals surface area (Å²) in [5.74, 6) is 0.427. The number of hydrogen-bond donors (Lipinski definition) is 2. The van der Waals surface area contributed by atoms with Crippen LogP contribution in [0, 0.1) is 5.92 Å². The zero-order valence-electron chi connectivity index (χ0n) is 12.5. The fourth-order valence-electron chi connectivity index (χ4n) is 3.03. The highest BCUT2D eigenvalue weighted by molar-refractivity contribution is 5.86. The SMILES string of the molecule is CC1CCCCN1CCCNC(=O)C(C)(N)C1CC1. The van der Waals surface area contributed by atoms with E-state index in [-0.39, 0.29) is 5.91 Å². The van der Waals surface area contributed by atoms with Crippen molar-refractivity contribution in [3.8, 4) is 0 Å². The molecule has 0 aromatic rings. The molecule has 0 aromatic heterocycles. The monoisotopic (exact) mass is 267 g/mol. The summed E-state index contributed by atoms with van der Waals surface area (Å²) in [5.41, 5.74) is 5.44. The Kier molecular flexibility index (Phi) is 4.85.